The molecule has 0 fully saturated rings. The second kappa shape index (κ2) is 10.3. The van der Waals surface area contributed by atoms with Crippen molar-refractivity contribution in [1.82, 2.24) is 15.1 Å². The third-order valence-corrected chi connectivity index (χ3v) is 6.19. The number of aromatic nitrogens is 2. The Bertz CT molecular complexity index is 1050. The largest absolute Gasteiger partial charge is 0.351 e. The topological polar surface area (TPSA) is 76.0 Å². The van der Waals surface area contributed by atoms with Gasteiger partial charge in [0.05, 0.1) is 22.4 Å². The summed E-state index contributed by atoms with van der Waals surface area (Å²) < 4.78 is 1.89. The molecule has 0 saturated carbocycles. The molecule has 0 saturated heterocycles. The van der Waals surface area contributed by atoms with Gasteiger partial charge in [-0.3, -0.25) is 9.59 Å². The predicted molar refractivity (Wildman–Crippen MR) is 127 cm³/mol. The summed E-state index contributed by atoms with van der Waals surface area (Å²) in [6.07, 6.45) is 0. The zero-order valence-electron chi connectivity index (χ0n) is 18.3. The monoisotopic (exact) mass is 436 g/mol. The van der Waals surface area contributed by atoms with Gasteiger partial charge in [-0.1, -0.05) is 35.9 Å². The van der Waals surface area contributed by atoms with Gasteiger partial charge in [0.25, 0.3) is 0 Å². The van der Waals surface area contributed by atoms with Crippen molar-refractivity contribution >= 4 is 29.3 Å². The fourth-order valence-electron chi connectivity index (χ4n) is 3.18. The van der Waals surface area contributed by atoms with Crippen LogP contribution in [0.15, 0.2) is 54.6 Å². The maximum atomic E-state index is 12.5. The fourth-order valence-corrected chi connectivity index (χ4v) is 3.89. The summed E-state index contributed by atoms with van der Waals surface area (Å²) in [4.78, 5) is 24.7. The minimum Gasteiger partial charge on any atom is -0.351 e. The SMILES string of the molecule is Cc1ccc(NC(=O)CSC(C)C(=O)NCc2c(C)nn(-c3ccccc3)c2C)cc1. The van der Waals surface area contributed by atoms with Gasteiger partial charge in [-0.2, -0.15) is 5.10 Å². The number of rotatable bonds is 8. The van der Waals surface area contributed by atoms with Gasteiger partial charge in [0.2, 0.25) is 11.8 Å². The predicted octanol–water partition coefficient (Wildman–Crippen LogP) is 4.17. The van der Waals surface area contributed by atoms with E-state index in [1.165, 1.54) is 11.8 Å². The number of carbonyl (C=O) groups is 2. The van der Waals surface area contributed by atoms with Crippen molar-refractivity contribution in [3.05, 3.63) is 77.1 Å². The first kappa shape index (κ1) is 22.6. The lowest BCUT2D eigenvalue weighted by molar-refractivity contribution is -0.120. The Labute approximate surface area is 187 Å². The van der Waals surface area contributed by atoms with E-state index >= 15 is 0 Å². The molecule has 2 aromatic carbocycles. The van der Waals surface area contributed by atoms with Crippen molar-refractivity contribution in [1.29, 1.82) is 0 Å². The van der Waals surface area contributed by atoms with Gasteiger partial charge in [-0.05, 0) is 52.0 Å². The summed E-state index contributed by atoms with van der Waals surface area (Å²) in [6, 6.07) is 17.6. The molecule has 3 rings (SSSR count). The van der Waals surface area contributed by atoms with Crippen LogP contribution in [0.1, 0.15) is 29.4 Å². The third kappa shape index (κ3) is 5.98. The van der Waals surface area contributed by atoms with Gasteiger partial charge in [-0.25, -0.2) is 4.68 Å². The average molecular weight is 437 g/mol. The molecule has 0 spiro atoms. The van der Waals surface area contributed by atoms with Gasteiger partial charge in [0.15, 0.2) is 0 Å². The van der Waals surface area contributed by atoms with E-state index in [1.807, 2.05) is 87.0 Å². The van der Waals surface area contributed by atoms with Crippen LogP contribution in [0.25, 0.3) is 5.69 Å². The Balaban J connectivity index is 1.51. The summed E-state index contributed by atoms with van der Waals surface area (Å²) >= 11 is 1.32. The molecule has 31 heavy (non-hydrogen) atoms. The molecule has 0 aliphatic rings. The van der Waals surface area contributed by atoms with Crippen molar-refractivity contribution in [2.45, 2.75) is 39.5 Å². The zero-order valence-corrected chi connectivity index (χ0v) is 19.1. The average Bonchev–Trinajstić information content (AvgIpc) is 3.06. The Kier molecular flexibility index (Phi) is 7.52. The molecule has 3 aromatic rings. The molecule has 0 aliphatic heterocycles. The Morgan fingerprint density at radius 1 is 1.03 bits per heavy atom. The lowest BCUT2D eigenvalue weighted by Gasteiger charge is -2.12. The molecule has 1 heterocycles. The van der Waals surface area contributed by atoms with Crippen LogP contribution in [0.5, 0.6) is 0 Å². The number of benzene rings is 2. The van der Waals surface area contributed by atoms with Crippen LogP contribution >= 0.6 is 11.8 Å². The summed E-state index contributed by atoms with van der Waals surface area (Å²) in [5.41, 5.74) is 5.78. The molecule has 0 radical (unpaired) electrons. The summed E-state index contributed by atoms with van der Waals surface area (Å²) in [5.74, 6) is -0.00403. The summed E-state index contributed by atoms with van der Waals surface area (Å²) in [7, 11) is 0. The van der Waals surface area contributed by atoms with Gasteiger partial charge in [0.1, 0.15) is 0 Å². The van der Waals surface area contributed by atoms with E-state index in [4.69, 9.17) is 0 Å². The quantitative estimate of drug-likeness (QED) is 0.556. The van der Waals surface area contributed by atoms with Crippen LogP contribution < -0.4 is 10.6 Å². The van der Waals surface area contributed by atoms with E-state index in [0.29, 0.717) is 6.54 Å². The van der Waals surface area contributed by atoms with Crippen LogP contribution in [0.2, 0.25) is 0 Å². The number of hydrogen-bond acceptors (Lipinski definition) is 4. The molecule has 1 atom stereocenters. The first-order chi connectivity index (χ1) is 14.8. The lowest BCUT2D eigenvalue weighted by Crippen LogP contribution is -2.31. The van der Waals surface area contributed by atoms with Crippen LogP contribution in [-0.2, 0) is 16.1 Å². The number of para-hydroxylation sites is 1. The molecule has 0 bridgehead atoms. The molecule has 2 amide bonds. The van der Waals surface area contributed by atoms with E-state index in [2.05, 4.69) is 15.7 Å². The van der Waals surface area contributed by atoms with Gasteiger partial charge >= 0.3 is 0 Å². The van der Waals surface area contributed by atoms with E-state index in [1.54, 1.807) is 0 Å². The van der Waals surface area contributed by atoms with E-state index < -0.39 is 0 Å². The van der Waals surface area contributed by atoms with Crippen molar-refractivity contribution in [3.8, 4) is 5.69 Å². The number of amides is 2. The van der Waals surface area contributed by atoms with Crippen molar-refractivity contribution in [3.63, 3.8) is 0 Å². The van der Waals surface area contributed by atoms with Gasteiger partial charge in [0, 0.05) is 23.5 Å². The molecule has 0 aliphatic carbocycles. The third-order valence-electron chi connectivity index (χ3n) is 5.05. The van der Waals surface area contributed by atoms with E-state index in [-0.39, 0.29) is 22.8 Å². The van der Waals surface area contributed by atoms with Crippen LogP contribution in [0, 0.1) is 20.8 Å². The van der Waals surface area contributed by atoms with E-state index in [9.17, 15) is 9.59 Å². The second-order valence-corrected chi connectivity index (χ2v) is 8.81. The minimum absolute atomic E-state index is 0.0978. The van der Waals surface area contributed by atoms with Crippen molar-refractivity contribution < 1.29 is 9.59 Å². The Morgan fingerprint density at radius 2 is 1.71 bits per heavy atom. The molecule has 2 N–H and O–H groups in total. The first-order valence-electron chi connectivity index (χ1n) is 10.2. The van der Waals surface area contributed by atoms with Crippen LogP contribution in [0.3, 0.4) is 0 Å². The fraction of sp³-hybridized carbons (Fsp3) is 0.292. The van der Waals surface area contributed by atoms with Gasteiger partial charge in [-0.15, -0.1) is 11.8 Å². The molecule has 162 valence electrons. The summed E-state index contributed by atoms with van der Waals surface area (Å²) in [5, 5.41) is 10.1. The van der Waals surface area contributed by atoms with E-state index in [0.717, 1.165) is 33.9 Å². The summed E-state index contributed by atoms with van der Waals surface area (Å²) in [6.45, 7) is 8.16. The highest BCUT2D eigenvalue weighted by Crippen LogP contribution is 2.18. The number of aryl methyl sites for hydroxylation is 2. The number of anilines is 1. The first-order valence-corrected chi connectivity index (χ1v) is 11.3. The number of nitrogens with zero attached hydrogens (tertiary/aromatic N) is 2. The van der Waals surface area contributed by atoms with Crippen LogP contribution in [0.4, 0.5) is 5.69 Å². The Hall–Kier alpha value is -3.06. The number of hydrogen-bond donors (Lipinski definition) is 2. The lowest BCUT2D eigenvalue weighted by atomic mass is 10.2. The second-order valence-electron chi connectivity index (χ2n) is 7.48. The number of nitrogens with one attached hydrogen (secondary N) is 2. The van der Waals surface area contributed by atoms with Gasteiger partial charge < -0.3 is 10.6 Å². The minimum atomic E-state index is -0.339. The smallest absolute Gasteiger partial charge is 0.234 e. The molecule has 1 aromatic heterocycles. The highest BCUT2D eigenvalue weighted by atomic mass is 32.2. The standard InChI is InChI=1S/C24H28N4O2S/c1-16-10-12-20(13-11-16)26-23(29)15-31-19(4)24(30)25-14-22-17(2)27-28(18(22)3)21-8-6-5-7-9-21/h5-13,19H,14-15H2,1-4H3,(H,25,30)(H,26,29). The zero-order chi connectivity index (χ0) is 22.4. The normalized spacial score (nSPS) is 11.7. The maximum Gasteiger partial charge on any atom is 0.234 e. The molecule has 7 heteroatoms. The molecule has 1 unspecified atom stereocenters. The maximum absolute atomic E-state index is 12.5. The highest BCUT2D eigenvalue weighted by molar-refractivity contribution is 8.01. The molecular weight excluding hydrogens is 408 g/mol. The van der Waals surface area contributed by atoms with Crippen molar-refractivity contribution in [2.24, 2.45) is 0 Å². The Morgan fingerprint density at radius 3 is 2.39 bits per heavy atom. The molecular formula is C24H28N4O2S. The molecule has 6 nitrogen and oxygen atoms in total. The highest BCUT2D eigenvalue weighted by Gasteiger charge is 2.18. The number of carbonyl (C=O) groups excluding carboxylic acids is 2. The van der Waals surface area contributed by atoms with Crippen LogP contribution in [-0.4, -0.2) is 32.6 Å². The number of thioether (sulfide) groups is 1. The van der Waals surface area contributed by atoms with Crippen molar-refractivity contribution in [2.75, 3.05) is 11.1 Å².